The Labute approximate surface area is 143 Å². The van der Waals surface area contributed by atoms with Crippen molar-refractivity contribution in [1.82, 2.24) is 9.97 Å². The number of nitrogens with zero attached hydrogens (tertiary/aromatic N) is 3. The third-order valence-corrected chi connectivity index (χ3v) is 4.20. The first-order valence-corrected chi connectivity index (χ1v) is 7.80. The summed E-state index contributed by atoms with van der Waals surface area (Å²) in [6.45, 7) is 0.739. The van der Waals surface area contributed by atoms with Crippen LogP contribution >= 0.6 is 0 Å². The number of halogens is 2. The lowest BCUT2D eigenvalue weighted by molar-refractivity contribution is -0.137. The number of anilines is 1. The number of hydrogen-bond acceptors (Lipinski definition) is 5. The van der Waals surface area contributed by atoms with Crippen molar-refractivity contribution in [2.24, 2.45) is 5.92 Å². The summed E-state index contributed by atoms with van der Waals surface area (Å²) in [5.74, 6) is -2.19. The van der Waals surface area contributed by atoms with Crippen LogP contribution in [0.25, 0.3) is 11.3 Å². The summed E-state index contributed by atoms with van der Waals surface area (Å²) < 4.78 is 34.1. The highest BCUT2D eigenvalue weighted by Gasteiger charge is 2.28. The Balaban J connectivity index is 1.87. The highest BCUT2D eigenvalue weighted by atomic mass is 19.1. The maximum Gasteiger partial charge on any atom is 0.303 e. The predicted octanol–water partition coefficient (Wildman–Crippen LogP) is 2.73. The van der Waals surface area contributed by atoms with Crippen LogP contribution in [-0.2, 0) is 4.79 Å². The number of aliphatic carboxylic acids is 1. The molecule has 0 spiro atoms. The highest BCUT2D eigenvalue weighted by molar-refractivity contribution is 5.68. The molecule has 0 saturated carbocycles. The number of carboxylic acids is 1. The van der Waals surface area contributed by atoms with Gasteiger partial charge in [0, 0.05) is 25.1 Å². The second-order valence-corrected chi connectivity index (χ2v) is 5.93. The highest BCUT2D eigenvalue weighted by Crippen LogP contribution is 2.33. The molecule has 3 rings (SSSR count). The van der Waals surface area contributed by atoms with Crippen LogP contribution < -0.4 is 9.64 Å². The van der Waals surface area contributed by atoms with E-state index in [-0.39, 0.29) is 29.5 Å². The quantitative estimate of drug-likeness (QED) is 0.895. The number of rotatable bonds is 5. The van der Waals surface area contributed by atoms with Gasteiger partial charge in [-0.1, -0.05) is 0 Å². The zero-order chi connectivity index (χ0) is 18.0. The van der Waals surface area contributed by atoms with Gasteiger partial charge in [-0.3, -0.25) is 9.78 Å². The molecule has 0 aliphatic carbocycles. The van der Waals surface area contributed by atoms with Crippen LogP contribution in [-0.4, -0.2) is 41.2 Å². The minimum absolute atomic E-state index is 0.00276. The van der Waals surface area contributed by atoms with Crippen molar-refractivity contribution in [3.8, 4) is 17.1 Å². The smallest absolute Gasteiger partial charge is 0.303 e. The maximum absolute atomic E-state index is 14.5. The fraction of sp³-hybridized carbons (Fsp3) is 0.353. The van der Waals surface area contributed by atoms with Gasteiger partial charge in [-0.15, -0.1) is 0 Å². The van der Waals surface area contributed by atoms with Crippen molar-refractivity contribution < 1.29 is 23.4 Å². The molecule has 2 heterocycles. The van der Waals surface area contributed by atoms with E-state index >= 15 is 0 Å². The molecule has 2 aromatic rings. The van der Waals surface area contributed by atoms with Crippen LogP contribution in [0.5, 0.6) is 5.88 Å². The van der Waals surface area contributed by atoms with E-state index in [1.807, 2.05) is 0 Å². The first kappa shape index (κ1) is 17.1. The Morgan fingerprint density at radius 2 is 2.08 bits per heavy atom. The molecule has 0 bridgehead atoms. The van der Waals surface area contributed by atoms with Gasteiger partial charge in [0.25, 0.3) is 0 Å². The molecule has 1 N–H and O–H groups in total. The van der Waals surface area contributed by atoms with Gasteiger partial charge in [0.1, 0.15) is 17.3 Å². The number of hydrogen-bond donors (Lipinski definition) is 1. The van der Waals surface area contributed by atoms with E-state index in [0.717, 1.165) is 0 Å². The van der Waals surface area contributed by atoms with Gasteiger partial charge >= 0.3 is 5.97 Å². The molecular formula is C17H17F2N3O3. The van der Waals surface area contributed by atoms with Gasteiger partial charge < -0.3 is 14.7 Å². The predicted molar refractivity (Wildman–Crippen MR) is 86.5 cm³/mol. The molecule has 1 aliphatic heterocycles. The van der Waals surface area contributed by atoms with Crippen molar-refractivity contribution in [3.05, 3.63) is 36.2 Å². The summed E-state index contributed by atoms with van der Waals surface area (Å²) in [6.07, 6.45) is 3.39. The molecule has 1 fully saturated rings. The Morgan fingerprint density at radius 1 is 1.36 bits per heavy atom. The van der Waals surface area contributed by atoms with Gasteiger partial charge in [0.15, 0.2) is 0 Å². The van der Waals surface area contributed by atoms with Crippen LogP contribution in [0.15, 0.2) is 24.5 Å². The van der Waals surface area contributed by atoms with Gasteiger partial charge in [-0.05, 0) is 24.5 Å². The molecule has 1 aromatic heterocycles. The third-order valence-electron chi connectivity index (χ3n) is 4.20. The van der Waals surface area contributed by atoms with Crippen molar-refractivity contribution >= 4 is 11.7 Å². The van der Waals surface area contributed by atoms with Crippen molar-refractivity contribution in [2.45, 2.75) is 12.8 Å². The van der Waals surface area contributed by atoms with Crippen LogP contribution in [0, 0.1) is 17.6 Å². The van der Waals surface area contributed by atoms with E-state index in [1.54, 1.807) is 4.90 Å². The minimum atomic E-state index is -0.903. The summed E-state index contributed by atoms with van der Waals surface area (Å²) in [5.41, 5.74) is 0.424. The van der Waals surface area contributed by atoms with Gasteiger partial charge in [-0.25, -0.2) is 13.8 Å². The molecule has 1 aromatic carbocycles. The monoisotopic (exact) mass is 349 g/mol. The fourth-order valence-corrected chi connectivity index (χ4v) is 3.05. The lowest BCUT2D eigenvalue weighted by Crippen LogP contribution is -2.23. The SMILES string of the molecule is COc1cncc(-c2cc(F)c(N3CCC(CC(=O)O)C3)c(F)c2)n1. The molecule has 0 amide bonds. The second kappa shape index (κ2) is 7.00. The first-order valence-electron chi connectivity index (χ1n) is 7.80. The van der Waals surface area contributed by atoms with E-state index < -0.39 is 17.6 Å². The van der Waals surface area contributed by atoms with Crippen LogP contribution in [0.2, 0.25) is 0 Å². The van der Waals surface area contributed by atoms with E-state index in [1.165, 1.54) is 31.6 Å². The molecule has 8 heteroatoms. The molecule has 25 heavy (non-hydrogen) atoms. The number of carboxylic acid groups (broad SMARTS) is 1. The average Bonchev–Trinajstić information content (AvgIpc) is 3.01. The normalized spacial score (nSPS) is 16.9. The van der Waals surface area contributed by atoms with Gasteiger partial charge in [0.2, 0.25) is 5.88 Å². The number of methoxy groups -OCH3 is 1. The lowest BCUT2D eigenvalue weighted by atomic mass is 10.1. The Hall–Kier alpha value is -2.77. The number of aromatic nitrogens is 2. The van der Waals surface area contributed by atoms with Crippen LogP contribution in [0.1, 0.15) is 12.8 Å². The largest absolute Gasteiger partial charge is 0.481 e. The van der Waals surface area contributed by atoms with Crippen molar-refractivity contribution in [1.29, 1.82) is 0 Å². The summed E-state index contributed by atoms with van der Waals surface area (Å²) in [4.78, 5) is 20.4. The summed E-state index contributed by atoms with van der Waals surface area (Å²) in [5, 5.41) is 8.86. The number of carbonyl (C=O) groups is 1. The average molecular weight is 349 g/mol. The molecule has 6 nitrogen and oxygen atoms in total. The maximum atomic E-state index is 14.5. The van der Waals surface area contributed by atoms with E-state index in [2.05, 4.69) is 9.97 Å². The fourth-order valence-electron chi connectivity index (χ4n) is 3.05. The Morgan fingerprint density at radius 3 is 2.72 bits per heavy atom. The van der Waals surface area contributed by atoms with Gasteiger partial charge in [-0.2, -0.15) is 0 Å². The Bertz CT molecular complexity index is 777. The van der Waals surface area contributed by atoms with Crippen LogP contribution in [0.4, 0.5) is 14.5 Å². The first-order chi connectivity index (χ1) is 12.0. The van der Waals surface area contributed by atoms with Gasteiger partial charge in [0.05, 0.1) is 25.2 Å². The Kier molecular flexibility index (Phi) is 4.78. The molecular weight excluding hydrogens is 332 g/mol. The summed E-state index contributed by atoms with van der Waals surface area (Å²) in [6, 6.07) is 2.40. The topological polar surface area (TPSA) is 75.5 Å². The van der Waals surface area contributed by atoms with E-state index in [9.17, 15) is 13.6 Å². The summed E-state index contributed by atoms with van der Waals surface area (Å²) in [7, 11) is 1.43. The van der Waals surface area contributed by atoms with Crippen molar-refractivity contribution in [3.63, 3.8) is 0 Å². The summed E-state index contributed by atoms with van der Waals surface area (Å²) >= 11 is 0. The number of benzene rings is 1. The van der Waals surface area contributed by atoms with E-state index in [0.29, 0.717) is 25.2 Å². The molecule has 1 unspecified atom stereocenters. The molecule has 132 valence electrons. The molecule has 1 saturated heterocycles. The van der Waals surface area contributed by atoms with Crippen molar-refractivity contribution in [2.75, 3.05) is 25.1 Å². The molecule has 1 atom stereocenters. The third kappa shape index (κ3) is 3.67. The molecule has 0 radical (unpaired) electrons. The molecule has 1 aliphatic rings. The standard InChI is InChI=1S/C17H17F2N3O3/c1-25-15-8-20-7-14(21-15)11-5-12(18)17(13(19)6-11)22-3-2-10(9-22)4-16(23)24/h5-8,10H,2-4,9H2,1H3,(H,23,24). The second-order valence-electron chi connectivity index (χ2n) is 5.93. The number of ether oxygens (including phenoxy) is 1. The lowest BCUT2D eigenvalue weighted by Gasteiger charge is -2.20. The van der Waals surface area contributed by atoms with Crippen LogP contribution in [0.3, 0.4) is 0 Å². The van der Waals surface area contributed by atoms with E-state index in [4.69, 9.17) is 9.84 Å². The zero-order valence-corrected chi connectivity index (χ0v) is 13.6. The minimum Gasteiger partial charge on any atom is -0.481 e. The zero-order valence-electron chi connectivity index (χ0n) is 13.6.